The van der Waals surface area contributed by atoms with Gasteiger partial charge in [-0.05, 0) is 42.0 Å². The number of rotatable bonds is 14. The number of amidine groups is 1. The van der Waals surface area contributed by atoms with E-state index in [0.717, 1.165) is 5.56 Å². The second-order valence-corrected chi connectivity index (χ2v) is 9.42. The second-order valence-electron chi connectivity index (χ2n) is 9.42. The average molecular weight is 558 g/mol. The minimum Gasteiger partial charge on any atom is -0.384 e. The van der Waals surface area contributed by atoms with E-state index in [1.54, 1.807) is 79.1 Å². The van der Waals surface area contributed by atoms with Crippen molar-refractivity contribution in [3.63, 3.8) is 0 Å². The lowest BCUT2D eigenvalue weighted by atomic mass is 9.91. The molecule has 1 aromatic heterocycles. The van der Waals surface area contributed by atoms with Gasteiger partial charge < -0.3 is 33.6 Å². The first-order valence-electron chi connectivity index (χ1n) is 13.0. The first kappa shape index (κ1) is 30.3. The van der Waals surface area contributed by atoms with Gasteiger partial charge in [0.15, 0.2) is 5.96 Å². The van der Waals surface area contributed by atoms with Gasteiger partial charge in [-0.1, -0.05) is 60.7 Å². The molecule has 12 nitrogen and oxygen atoms in total. The van der Waals surface area contributed by atoms with Crippen LogP contribution in [0.1, 0.15) is 47.1 Å². The molecule has 1 heterocycles. The highest BCUT2D eigenvalue weighted by Crippen LogP contribution is 2.23. The monoisotopic (exact) mass is 557 g/mol. The topological polar surface area (TPSA) is 228 Å². The van der Waals surface area contributed by atoms with Crippen molar-refractivity contribution in [1.29, 1.82) is 5.41 Å². The number of guanidine groups is 1. The van der Waals surface area contributed by atoms with E-state index in [4.69, 9.17) is 28.3 Å². The number of pyridine rings is 1. The highest BCUT2D eigenvalue weighted by atomic mass is 16.2. The zero-order chi connectivity index (χ0) is 29.8. The molecule has 0 spiro atoms. The molecule has 41 heavy (non-hydrogen) atoms. The van der Waals surface area contributed by atoms with Crippen LogP contribution in [-0.4, -0.2) is 47.1 Å². The number of hydrogen-bond donors (Lipinski definition) is 7. The van der Waals surface area contributed by atoms with Crippen LogP contribution in [0.25, 0.3) is 0 Å². The fraction of sp³-hybridized carbons (Fsp3) is 0.241. The number of hydrogen-bond acceptors (Lipinski definition) is 6. The summed E-state index contributed by atoms with van der Waals surface area (Å²) in [6, 6.07) is 17.2. The maximum Gasteiger partial charge on any atom is 0.247 e. The van der Waals surface area contributed by atoms with E-state index in [1.807, 2.05) is 0 Å². The van der Waals surface area contributed by atoms with Gasteiger partial charge in [-0.3, -0.25) is 29.8 Å². The van der Waals surface area contributed by atoms with Crippen molar-refractivity contribution in [3.8, 4) is 0 Å². The summed E-state index contributed by atoms with van der Waals surface area (Å²) in [7, 11) is 0. The summed E-state index contributed by atoms with van der Waals surface area (Å²) in [5, 5.41) is 13.1. The number of nitrogens with one attached hydrogen (secondary N) is 3. The highest BCUT2D eigenvalue weighted by molar-refractivity contribution is 5.95. The van der Waals surface area contributed by atoms with E-state index in [9.17, 15) is 14.4 Å². The Morgan fingerprint density at radius 1 is 0.854 bits per heavy atom. The Hall–Kier alpha value is -5.26. The Morgan fingerprint density at radius 3 is 2.12 bits per heavy atom. The SMILES string of the molecule is N=C(N)c1ccc(C[C@@H](C(=O)N[C@H](C(=O)N[C@@H](CCCN=C(N)N)C(N)=O)c2ccccc2)c2cccnc2)cc1. The molecular formula is C29H35N9O3. The van der Waals surface area contributed by atoms with Crippen molar-refractivity contribution in [2.45, 2.75) is 37.3 Å². The number of carbonyl (C=O) groups excluding carboxylic acids is 3. The third-order valence-electron chi connectivity index (χ3n) is 6.39. The van der Waals surface area contributed by atoms with Crippen LogP contribution in [0.3, 0.4) is 0 Å². The van der Waals surface area contributed by atoms with Gasteiger partial charge in [0.05, 0.1) is 5.92 Å². The number of carbonyl (C=O) groups is 3. The molecule has 11 N–H and O–H groups in total. The standard InChI is InChI=1S/C29H35N9O3/c30-25(31)20-12-10-18(11-13-20)16-22(21-8-4-14-35-17-21)27(40)38-24(19-6-2-1-3-7-19)28(41)37-23(26(32)39)9-5-15-36-29(33)34/h1-4,6-8,10-14,17,22-24H,5,9,15-16H2,(H3,30,31)(H2,32,39)(H,37,41)(H,38,40)(H4,33,34,36)/t22-,23+,24+/m1/s1. The quantitative estimate of drug-likeness (QED) is 0.0845. The number of amides is 3. The van der Waals surface area contributed by atoms with E-state index in [2.05, 4.69) is 20.6 Å². The normalized spacial score (nSPS) is 12.8. The third kappa shape index (κ3) is 9.17. The van der Waals surface area contributed by atoms with Crippen molar-refractivity contribution in [2.75, 3.05) is 6.54 Å². The van der Waals surface area contributed by atoms with Crippen molar-refractivity contribution in [1.82, 2.24) is 15.6 Å². The molecular weight excluding hydrogens is 522 g/mol. The third-order valence-corrected chi connectivity index (χ3v) is 6.39. The molecule has 2 aromatic carbocycles. The van der Waals surface area contributed by atoms with Crippen LogP contribution >= 0.6 is 0 Å². The Balaban J connectivity index is 1.85. The van der Waals surface area contributed by atoms with Crippen molar-refractivity contribution >= 4 is 29.5 Å². The Morgan fingerprint density at radius 2 is 1.54 bits per heavy atom. The number of aliphatic imine (C=N–C) groups is 1. The summed E-state index contributed by atoms with van der Waals surface area (Å²) in [5.74, 6) is -2.55. The molecule has 0 saturated carbocycles. The van der Waals surface area contributed by atoms with Crippen molar-refractivity contribution < 1.29 is 14.4 Å². The van der Waals surface area contributed by atoms with Crippen LogP contribution in [-0.2, 0) is 20.8 Å². The number of primary amides is 1. The summed E-state index contributed by atoms with van der Waals surface area (Å²) in [4.78, 5) is 47.5. The molecule has 3 atom stereocenters. The summed E-state index contributed by atoms with van der Waals surface area (Å²) >= 11 is 0. The lowest BCUT2D eigenvalue weighted by molar-refractivity contribution is -0.132. The molecule has 0 aliphatic rings. The Kier molecular flexibility index (Phi) is 10.9. The molecule has 3 aromatic rings. The lowest BCUT2D eigenvalue weighted by Crippen LogP contribution is -2.50. The molecule has 0 aliphatic carbocycles. The first-order valence-corrected chi connectivity index (χ1v) is 13.0. The summed E-state index contributed by atoms with van der Waals surface area (Å²) in [6.07, 6.45) is 4.12. The summed E-state index contributed by atoms with van der Waals surface area (Å²) in [5.41, 5.74) is 24.4. The van der Waals surface area contributed by atoms with Crippen molar-refractivity contribution in [3.05, 3.63) is 101 Å². The largest absolute Gasteiger partial charge is 0.384 e. The van der Waals surface area contributed by atoms with Crippen LogP contribution in [0, 0.1) is 5.41 Å². The van der Waals surface area contributed by atoms with Gasteiger partial charge in [0, 0.05) is 24.5 Å². The first-order chi connectivity index (χ1) is 19.7. The smallest absolute Gasteiger partial charge is 0.247 e. The van der Waals surface area contributed by atoms with Gasteiger partial charge in [-0.2, -0.15) is 0 Å². The van der Waals surface area contributed by atoms with Gasteiger partial charge in [0.2, 0.25) is 17.7 Å². The number of nitrogen functional groups attached to an aromatic ring is 1. The molecule has 0 saturated heterocycles. The minimum absolute atomic E-state index is 0.0553. The molecule has 0 unspecified atom stereocenters. The zero-order valence-electron chi connectivity index (χ0n) is 22.5. The van der Waals surface area contributed by atoms with Gasteiger partial charge in [0.1, 0.15) is 17.9 Å². The van der Waals surface area contributed by atoms with Crippen LogP contribution in [0.2, 0.25) is 0 Å². The van der Waals surface area contributed by atoms with E-state index in [-0.39, 0.29) is 24.8 Å². The van der Waals surface area contributed by atoms with Gasteiger partial charge >= 0.3 is 0 Å². The summed E-state index contributed by atoms with van der Waals surface area (Å²) < 4.78 is 0. The highest BCUT2D eigenvalue weighted by Gasteiger charge is 2.30. The fourth-order valence-corrected chi connectivity index (χ4v) is 4.23. The predicted octanol–water partition coefficient (Wildman–Crippen LogP) is 0.573. The molecule has 3 rings (SSSR count). The lowest BCUT2D eigenvalue weighted by Gasteiger charge is -2.25. The van der Waals surface area contributed by atoms with E-state index < -0.39 is 35.7 Å². The maximum atomic E-state index is 13.8. The summed E-state index contributed by atoms with van der Waals surface area (Å²) in [6.45, 7) is 0.265. The van der Waals surface area contributed by atoms with Crippen LogP contribution in [0.15, 0.2) is 84.1 Å². The number of nitrogens with two attached hydrogens (primary N) is 4. The van der Waals surface area contributed by atoms with Crippen LogP contribution in [0.5, 0.6) is 0 Å². The second kappa shape index (κ2) is 14.8. The molecule has 0 bridgehead atoms. The fourth-order valence-electron chi connectivity index (χ4n) is 4.23. The average Bonchev–Trinajstić information content (AvgIpc) is 2.96. The number of benzene rings is 2. The van der Waals surface area contributed by atoms with E-state index in [1.165, 1.54) is 0 Å². The van der Waals surface area contributed by atoms with E-state index >= 15 is 0 Å². The molecule has 0 aliphatic heterocycles. The van der Waals surface area contributed by atoms with Crippen LogP contribution in [0.4, 0.5) is 0 Å². The molecule has 214 valence electrons. The molecule has 0 fully saturated rings. The maximum absolute atomic E-state index is 13.8. The van der Waals surface area contributed by atoms with Crippen molar-refractivity contribution in [2.24, 2.45) is 27.9 Å². The van der Waals surface area contributed by atoms with Crippen LogP contribution < -0.4 is 33.6 Å². The van der Waals surface area contributed by atoms with E-state index in [0.29, 0.717) is 29.5 Å². The molecule has 3 amide bonds. The molecule has 0 radical (unpaired) electrons. The molecule has 12 heteroatoms. The number of nitrogens with zero attached hydrogens (tertiary/aromatic N) is 2. The zero-order valence-corrected chi connectivity index (χ0v) is 22.5. The van der Waals surface area contributed by atoms with Gasteiger partial charge in [-0.25, -0.2) is 0 Å². The van der Waals surface area contributed by atoms with Gasteiger partial charge in [-0.15, -0.1) is 0 Å². The predicted molar refractivity (Wildman–Crippen MR) is 157 cm³/mol. The Labute approximate surface area is 238 Å². The van der Waals surface area contributed by atoms with Gasteiger partial charge in [0.25, 0.3) is 0 Å². The Bertz CT molecular complexity index is 1360. The number of aromatic nitrogens is 1. The minimum atomic E-state index is -1.11.